The third-order valence-corrected chi connectivity index (χ3v) is 1.44. The van der Waals surface area contributed by atoms with Crippen LogP contribution in [0.15, 0.2) is 0 Å². The third kappa shape index (κ3) is 0.804. The van der Waals surface area contributed by atoms with Gasteiger partial charge in [0.05, 0.1) is 12.6 Å². The van der Waals surface area contributed by atoms with Gasteiger partial charge < -0.3 is 5.11 Å². The van der Waals surface area contributed by atoms with Crippen molar-refractivity contribution in [1.29, 1.82) is 0 Å². The first-order valence-electron chi connectivity index (χ1n) is 2.54. The Morgan fingerprint density at radius 3 is 2.62 bits per heavy atom. The molecule has 0 aliphatic heterocycles. The molecule has 2 atom stereocenters. The van der Waals surface area contributed by atoms with Crippen LogP contribution in [0.5, 0.6) is 0 Å². The maximum absolute atomic E-state index is 11.5. The molecule has 46 valence electrons. The Labute approximate surface area is 46.3 Å². The molecule has 0 aromatic heterocycles. The summed E-state index contributed by atoms with van der Waals surface area (Å²) in [6.07, 6.45) is 0.534. The number of rotatable bonds is 2. The molecule has 1 aliphatic carbocycles. The van der Waals surface area contributed by atoms with E-state index in [9.17, 15) is 9.18 Å². The monoisotopic (exact) mass is 118 g/mol. The summed E-state index contributed by atoms with van der Waals surface area (Å²) in [4.78, 5) is 9.96. The van der Waals surface area contributed by atoms with Crippen molar-refractivity contribution in [2.45, 2.75) is 6.42 Å². The lowest BCUT2D eigenvalue weighted by atomic mass is 10.3. The van der Waals surface area contributed by atoms with Crippen molar-refractivity contribution < 1.29 is 14.3 Å². The molecule has 0 saturated heterocycles. The second-order valence-corrected chi connectivity index (χ2v) is 2.09. The first kappa shape index (κ1) is 5.54. The van der Waals surface area contributed by atoms with Crippen LogP contribution < -0.4 is 0 Å². The Balaban J connectivity index is 2.26. The van der Waals surface area contributed by atoms with Crippen LogP contribution in [0.4, 0.5) is 4.39 Å². The van der Waals surface area contributed by atoms with Crippen molar-refractivity contribution in [2.75, 3.05) is 6.67 Å². The number of hydrogen-bond acceptors (Lipinski definition) is 1. The molecular formula is C5H7FO2. The molecule has 8 heavy (non-hydrogen) atoms. The molecule has 0 amide bonds. The Morgan fingerprint density at radius 1 is 1.88 bits per heavy atom. The molecule has 0 unspecified atom stereocenters. The summed E-state index contributed by atoms with van der Waals surface area (Å²) in [5.41, 5.74) is 0. The summed E-state index contributed by atoms with van der Waals surface area (Å²) in [6, 6.07) is 0. The Morgan fingerprint density at radius 2 is 2.50 bits per heavy atom. The molecular weight excluding hydrogens is 111 g/mol. The number of aliphatic carboxylic acids is 1. The van der Waals surface area contributed by atoms with Crippen LogP contribution in [0.1, 0.15) is 6.42 Å². The third-order valence-electron chi connectivity index (χ3n) is 1.44. The fourth-order valence-corrected chi connectivity index (χ4v) is 0.721. The summed E-state index contributed by atoms with van der Waals surface area (Å²) in [5.74, 6) is -1.40. The van der Waals surface area contributed by atoms with Gasteiger partial charge >= 0.3 is 5.97 Å². The second kappa shape index (κ2) is 1.73. The summed E-state index contributed by atoms with van der Waals surface area (Å²) < 4.78 is 11.5. The van der Waals surface area contributed by atoms with E-state index in [4.69, 9.17) is 5.11 Å². The predicted octanol–water partition coefficient (Wildman–Crippen LogP) is 0.677. The minimum absolute atomic E-state index is 0.174. The van der Waals surface area contributed by atoms with E-state index < -0.39 is 12.6 Å². The van der Waals surface area contributed by atoms with Crippen molar-refractivity contribution in [3.05, 3.63) is 0 Å². The molecule has 2 nitrogen and oxygen atoms in total. The maximum Gasteiger partial charge on any atom is 0.306 e. The highest BCUT2D eigenvalue weighted by atomic mass is 19.1. The van der Waals surface area contributed by atoms with Crippen molar-refractivity contribution >= 4 is 5.97 Å². The van der Waals surface area contributed by atoms with E-state index >= 15 is 0 Å². The smallest absolute Gasteiger partial charge is 0.306 e. The van der Waals surface area contributed by atoms with Crippen molar-refractivity contribution in [3.63, 3.8) is 0 Å². The van der Waals surface area contributed by atoms with Crippen LogP contribution in [0.25, 0.3) is 0 Å². The number of carbonyl (C=O) groups is 1. The maximum atomic E-state index is 11.5. The van der Waals surface area contributed by atoms with E-state index in [1.165, 1.54) is 0 Å². The lowest BCUT2D eigenvalue weighted by Crippen LogP contribution is -1.99. The Hall–Kier alpha value is -0.600. The van der Waals surface area contributed by atoms with Crippen molar-refractivity contribution in [2.24, 2.45) is 11.8 Å². The van der Waals surface area contributed by atoms with Crippen LogP contribution in [-0.4, -0.2) is 17.8 Å². The SMILES string of the molecule is O=C(O)[C@H]1C[C@H]1CF. The highest BCUT2D eigenvalue weighted by molar-refractivity contribution is 5.73. The molecule has 1 rings (SSSR count). The van der Waals surface area contributed by atoms with Crippen LogP contribution in [0, 0.1) is 11.8 Å². The van der Waals surface area contributed by atoms with Gasteiger partial charge in [-0.05, 0) is 6.42 Å². The largest absolute Gasteiger partial charge is 0.481 e. The predicted molar refractivity (Wildman–Crippen MR) is 25.2 cm³/mol. The summed E-state index contributed by atoms with van der Waals surface area (Å²) in [7, 11) is 0. The lowest BCUT2D eigenvalue weighted by molar-refractivity contribution is -0.138. The van der Waals surface area contributed by atoms with E-state index in [1.54, 1.807) is 0 Å². The molecule has 0 spiro atoms. The van der Waals surface area contributed by atoms with E-state index in [-0.39, 0.29) is 11.8 Å². The van der Waals surface area contributed by atoms with Crippen LogP contribution in [0.2, 0.25) is 0 Å². The number of carboxylic acids is 1. The zero-order valence-electron chi connectivity index (χ0n) is 4.30. The molecule has 3 heteroatoms. The second-order valence-electron chi connectivity index (χ2n) is 2.09. The molecule has 1 fully saturated rings. The number of hydrogen-bond donors (Lipinski definition) is 1. The minimum Gasteiger partial charge on any atom is -0.481 e. The Bertz CT molecular complexity index is 113. The average molecular weight is 118 g/mol. The quantitative estimate of drug-likeness (QED) is 0.578. The van der Waals surface area contributed by atoms with Gasteiger partial charge in [0.1, 0.15) is 0 Å². The molecule has 0 aromatic carbocycles. The van der Waals surface area contributed by atoms with E-state index in [0.717, 1.165) is 0 Å². The number of carboxylic acid groups (broad SMARTS) is 1. The highest BCUT2D eigenvalue weighted by Crippen LogP contribution is 2.38. The Kier molecular flexibility index (Phi) is 1.19. The first-order chi connectivity index (χ1) is 3.75. The molecule has 1 aliphatic rings. The fraction of sp³-hybridized carbons (Fsp3) is 0.800. The van der Waals surface area contributed by atoms with Gasteiger partial charge in [0.25, 0.3) is 0 Å². The first-order valence-corrected chi connectivity index (χ1v) is 2.54. The van der Waals surface area contributed by atoms with Gasteiger partial charge in [-0.15, -0.1) is 0 Å². The zero-order valence-corrected chi connectivity index (χ0v) is 4.30. The number of halogens is 1. The van der Waals surface area contributed by atoms with E-state index in [1.807, 2.05) is 0 Å². The highest BCUT2D eigenvalue weighted by Gasteiger charge is 2.42. The normalized spacial score (nSPS) is 34.6. The molecule has 0 radical (unpaired) electrons. The zero-order chi connectivity index (χ0) is 6.15. The van der Waals surface area contributed by atoms with Gasteiger partial charge in [-0.2, -0.15) is 0 Å². The molecule has 1 saturated carbocycles. The van der Waals surface area contributed by atoms with Gasteiger partial charge in [-0.1, -0.05) is 0 Å². The van der Waals surface area contributed by atoms with Crippen LogP contribution in [0.3, 0.4) is 0 Å². The number of alkyl halides is 1. The fourth-order valence-electron chi connectivity index (χ4n) is 0.721. The molecule has 0 aromatic rings. The molecule has 1 N–H and O–H groups in total. The van der Waals surface area contributed by atoms with E-state index in [0.29, 0.717) is 6.42 Å². The van der Waals surface area contributed by atoms with Crippen LogP contribution >= 0.6 is 0 Å². The van der Waals surface area contributed by atoms with Gasteiger partial charge in [0.15, 0.2) is 0 Å². The van der Waals surface area contributed by atoms with Crippen molar-refractivity contribution in [3.8, 4) is 0 Å². The summed E-state index contributed by atoms with van der Waals surface area (Å²) >= 11 is 0. The minimum atomic E-state index is -0.854. The van der Waals surface area contributed by atoms with Gasteiger partial charge in [0.2, 0.25) is 0 Å². The van der Waals surface area contributed by atoms with Gasteiger partial charge in [-0.3, -0.25) is 9.18 Å². The molecule has 0 heterocycles. The summed E-state index contributed by atoms with van der Waals surface area (Å²) in [5, 5.41) is 8.19. The van der Waals surface area contributed by atoms with Gasteiger partial charge in [-0.25, -0.2) is 0 Å². The van der Waals surface area contributed by atoms with Crippen molar-refractivity contribution in [1.82, 2.24) is 0 Å². The lowest BCUT2D eigenvalue weighted by Gasteiger charge is -1.83. The topological polar surface area (TPSA) is 37.3 Å². The molecule has 0 bridgehead atoms. The van der Waals surface area contributed by atoms with Gasteiger partial charge in [0, 0.05) is 5.92 Å². The standard InChI is InChI=1S/C5H7FO2/c6-2-3-1-4(3)5(7)8/h3-4H,1-2H2,(H,7,8)/t3-,4-/m0/s1. The van der Waals surface area contributed by atoms with E-state index in [2.05, 4.69) is 0 Å². The van der Waals surface area contributed by atoms with Crippen LogP contribution in [-0.2, 0) is 4.79 Å². The summed E-state index contributed by atoms with van der Waals surface area (Å²) in [6.45, 7) is -0.475. The average Bonchev–Trinajstić information content (AvgIpc) is 2.42.